The highest BCUT2D eigenvalue weighted by Crippen LogP contribution is 2.40. The molecule has 3 aliphatic rings. The summed E-state index contributed by atoms with van der Waals surface area (Å²) < 4.78 is 0. The van der Waals surface area contributed by atoms with Crippen LogP contribution >= 0.6 is 0 Å². The maximum absolute atomic E-state index is 12.9. The predicted molar refractivity (Wildman–Crippen MR) is 86.4 cm³/mol. The van der Waals surface area contributed by atoms with Crippen LogP contribution in [0.15, 0.2) is 54.3 Å². The summed E-state index contributed by atoms with van der Waals surface area (Å²) in [5.41, 5.74) is 2.49. The highest BCUT2D eigenvalue weighted by atomic mass is 16.2. The van der Waals surface area contributed by atoms with Crippen LogP contribution in [-0.2, 0) is 4.79 Å². The number of hydrogen-bond acceptors (Lipinski definition) is 2. The van der Waals surface area contributed by atoms with Gasteiger partial charge < -0.3 is 10.2 Å². The molecule has 1 aromatic rings. The van der Waals surface area contributed by atoms with E-state index in [4.69, 9.17) is 0 Å². The van der Waals surface area contributed by atoms with Gasteiger partial charge in [-0.1, -0.05) is 36.4 Å². The van der Waals surface area contributed by atoms with E-state index >= 15 is 0 Å². The quantitative estimate of drug-likeness (QED) is 0.867. The Morgan fingerprint density at radius 3 is 2.61 bits per heavy atom. The summed E-state index contributed by atoms with van der Waals surface area (Å²) in [6.07, 6.45) is 3.81. The Kier molecular flexibility index (Phi) is 3.22. The molecule has 5 heteroatoms. The number of carbonyl (C=O) groups is 2. The van der Waals surface area contributed by atoms with Gasteiger partial charge in [-0.25, -0.2) is 4.79 Å². The van der Waals surface area contributed by atoms with Gasteiger partial charge in [0.25, 0.3) is 5.91 Å². The summed E-state index contributed by atoms with van der Waals surface area (Å²) in [5, 5.41) is 2.98. The van der Waals surface area contributed by atoms with Crippen molar-refractivity contribution in [1.82, 2.24) is 15.1 Å². The lowest BCUT2D eigenvalue weighted by molar-refractivity contribution is -0.126. The van der Waals surface area contributed by atoms with Crippen LogP contribution in [0.25, 0.3) is 0 Å². The first-order valence-corrected chi connectivity index (χ1v) is 7.98. The average Bonchev–Trinajstić information content (AvgIpc) is 3.35. The molecule has 0 aromatic heterocycles. The standard InChI is InChI=1S/C18H19N3O2/c1-2-10-20-14-11-21(13-8-9-13)17(22)15(14)16(19-18(20)23)12-6-4-3-5-7-12/h2-7,13,16H,1,8-11H2,(H,19,23)/t16-/m0/s1. The van der Waals surface area contributed by atoms with Gasteiger partial charge in [0, 0.05) is 12.6 Å². The summed E-state index contributed by atoms with van der Waals surface area (Å²) in [6, 6.07) is 9.49. The molecule has 0 spiro atoms. The average molecular weight is 309 g/mol. The van der Waals surface area contributed by atoms with Crippen molar-refractivity contribution in [2.75, 3.05) is 13.1 Å². The minimum absolute atomic E-state index is 0.0606. The minimum Gasteiger partial charge on any atom is -0.330 e. The molecule has 2 heterocycles. The SMILES string of the molecule is C=CCN1C(=O)N[C@@H](c2ccccc2)C2=C1CN(C1CC1)C2=O. The van der Waals surface area contributed by atoms with Crippen LogP contribution in [0.5, 0.6) is 0 Å². The van der Waals surface area contributed by atoms with Crippen LogP contribution in [0, 0.1) is 0 Å². The maximum Gasteiger partial charge on any atom is 0.322 e. The molecule has 1 aromatic carbocycles. The van der Waals surface area contributed by atoms with Crippen LogP contribution in [0.1, 0.15) is 24.4 Å². The Bertz CT molecular complexity index is 706. The zero-order valence-electron chi connectivity index (χ0n) is 12.9. The van der Waals surface area contributed by atoms with E-state index < -0.39 is 0 Å². The molecule has 2 aliphatic heterocycles. The lowest BCUT2D eigenvalue weighted by Gasteiger charge is -2.33. The monoisotopic (exact) mass is 309 g/mol. The van der Waals surface area contributed by atoms with Crippen LogP contribution in [0.3, 0.4) is 0 Å². The molecule has 23 heavy (non-hydrogen) atoms. The third-order valence-electron chi connectivity index (χ3n) is 4.68. The summed E-state index contributed by atoms with van der Waals surface area (Å²) >= 11 is 0. The number of rotatable bonds is 4. The molecule has 0 bridgehead atoms. The number of nitrogens with zero attached hydrogens (tertiary/aromatic N) is 2. The van der Waals surface area contributed by atoms with E-state index in [2.05, 4.69) is 11.9 Å². The molecule has 1 aliphatic carbocycles. The van der Waals surface area contributed by atoms with Crippen molar-refractivity contribution in [3.63, 3.8) is 0 Å². The van der Waals surface area contributed by atoms with E-state index in [1.54, 1.807) is 11.0 Å². The Balaban J connectivity index is 1.78. The number of nitrogens with one attached hydrogen (secondary N) is 1. The van der Waals surface area contributed by atoms with Crippen molar-refractivity contribution in [2.45, 2.75) is 24.9 Å². The molecule has 0 radical (unpaired) electrons. The Hall–Kier alpha value is -2.56. The minimum atomic E-state index is -0.365. The second kappa shape index (κ2) is 5.26. The normalized spacial score (nSPS) is 23.9. The number of benzene rings is 1. The van der Waals surface area contributed by atoms with Crippen molar-refractivity contribution in [1.29, 1.82) is 0 Å². The lowest BCUT2D eigenvalue weighted by Crippen LogP contribution is -2.47. The second-order valence-electron chi connectivity index (χ2n) is 6.22. The lowest BCUT2D eigenvalue weighted by atomic mass is 9.95. The van der Waals surface area contributed by atoms with E-state index in [-0.39, 0.29) is 18.0 Å². The summed E-state index contributed by atoms with van der Waals surface area (Å²) in [5.74, 6) is 0.0606. The van der Waals surface area contributed by atoms with Gasteiger partial charge >= 0.3 is 6.03 Å². The Morgan fingerprint density at radius 1 is 1.22 bits per heavy atom. The topological polar surface area (TPSA) is 52.7 Å². The summed E-state index contributed by atoms with van der Waals surface area (Å²) in [6.45, 7) is 4.67. The van der Waals surface area contributed by atoms with Crippen molar-refractivity contribution >= 4 is 11.9 Å². The highest BCUT2D eigenvalue weighted by Gasteiger charge is 2.47. The molecule has 1 fully saturated rings. The number of urea groups is 1. The van der Waals surface area contributed by atoms with E-state index in [1.165, 1.54) is 0 Å². The molecule has 0 saturated heterocycles. The summed E-state index contributed by atoms with van der Waals surface area (Å²) in [4.78, 5) is 29.0. The molecule has 3 amide bonds. The van der Waals surface area contributed by atoms with Crippen LogP contribution in [0.2, 0.25) is 0 Å². The highest BCUT2D eigenvalue weighted by molar-refractivity contribution is 6.01. The first kappa shape index (κ1) is 14.1. The van der Waals surface area contributed by atoms with Crippen molar-refractivity contribution in [3.05, 3.63) is 59.8 Å². The Morgan fingerprint density at radius 2 is 1.96 bits per heavy atom. The second-order valence-corrected chi connectivity index (χ2v) is 6.22. The maximum atomic E-state index is 12.9. The fourth-order valence-corrected chi connectivity index (χ4v) is 3.41. The van der Waals surface area contributed by atoms with Gasteiger partial charge in [-0.05, 0) is 18.4 Å². The van der Waals surface area contributed by atoms with Crippen LogP contribution < -0.4 is 5.32 Å². The van der Waals surface area contributed by atoms with Crippen molar-refractivity contribution in [2.24, 2.45) is 0 Å². The molecule has 4 rings (SSSR count). The third kappa shape index (κ3) is 2.23. The van der Waals surface area contributed by atoms with Gasteiger partial charge in [0.1, 0.15) is 0 Å². The van der Waals surface area contributed by atoms with Gasteiger partial charge in [0.05, 0.1) is 23.9 Å². The fraction of sp³-hybridized carbons (Fsp3) is 0.333. The van der Waals surface area contributed by atoms with E-state index in [0.29, 0.717) is 24.7 Å². The van der Waals surface area contributed by atoms with Gasteiger partial charge in [-0.2, -0.15) is 0 Å². The first-order valence-electron chi connectivity index (χ1n) is 7.98. The predicted octanol–water partition coefficient (Wildman–Crippen LogP) is 2.20. The number of carbonyl (C=O) groups excluding carboxylic acids is 2. The van der Waals surface area contributed by atoms with Crippen molar-refractivity contribution < 1.29 is 9.59 Å². The third-order valence-corrected chi connectivity index (χ3v) is 4.68. The largest absolute Gasteiger partial charge is 0.330 e. The van der Waals surface area contributed by atoms with Crippen molar-refractivity contribution in [3.8, 4) is 0 Å². The van der Waals surface area contributed by atoms with E-state index in [1.807, 2.05) is 35.2 Å². The fourth-order valence-electron chi connectivity index (χ4n) is 3.41. The van der Waals surface area contributed by atoms with Crippen LogP contribution in [-0.4, -0.2) is 40.9 Å². The molecule has 0 unspecified atom stereocenters. The van der Waals surface area contributed by atoms with Crippen LogP contribution in [0.4, 0.5) is 4.79 Å². The molecule has 118 valence electrons. The van der Waals surface area contributed by atoms with Gasteiger partial charge in [0.15, 0.2) is 0 Å². The number of amides is 3. The zero-order valence-corrected chi connectivity index (χ0v) is 12.9. The van der Waals surface area contributed by atoms with E-state index in [9.17, 15) is 9.59 Å². The summed E-state index contributed by atoms with van der Waals surface area (Å²) in [7, 11) is 0. The number of hydrogen-bond donors (Lipinski definition) is 1. The van der Waals surface area contributed by atoms with Gasteiger partial charge in [-0.3, -0.25) is 9.69 Å². The molecule has 5 nitrogen and oxygen atoms in total. The van der Waals surface area contributed by atoms with Gasteiger partial charge in [-0.15, -0.1) is 6.58 Å². The first-order chi connectivity index (χ1) is 11.2. The Labute approximate surface area is 135 Å². The molecule has 1 N–H and O–H groups in total. The molecular formula is C18H19N3O2. The van der Waals surface area contributed by atoms with E-state index in [0.717, 1.165) is 24.1 Å². The molecular weight excluding hydrogens is 290 g/mol. The zero-order chi connectivity index (χ0) is 16.0. The smallest absolute Gasteiger partial charge is 0.322 e. The molecule has 1 atom stereocenters. The van der Waals surface area contributed by atoms with Gasteiger partial charge in [0.2, 0.25) is 0 Å². The molecule has 1 saturated carbocycles.